The zero-order chi connectivity index (χ0) is 14.0. The van der Waals surface area contributed by atoms with Gasteiger partial charge in [0.25, 0.3) is 0 Å². The molecule has 0 aliphatic carbocycles. The van der Waals surface area contributed by atoms with Crippen LogP contribution in [0, 0.1) is 13.8 Å². The summed E-state index contributed by atoms with van der Waals surface area (Å²) in [4.78, 5) is 0. The van der Waals surface area contributed by atoms with Crippen molar-refractivity contribution in [2.75, 3.05) is 4.67 Å². The van der Waals surface area contributed by atoms with E-state index in [4.69, 9.17) is 11.0 Å². The average Bonchev–Trinajstić information content (AvgIpc) is 2.33. The van der Waals surface area contributed by atoms with E-state index in [0.29, 0.717) is 0 Å². The van der Waals surface area contributed by atoms with Crippen molar-refractivity contribution in [2.45, 2.75) is 13.8 Å². The Labute approximate surface area is 113 Å². The van der Waals surface area contributed by atoms with Crippen LogP contribution in [0.15, 0.2) is 48.5 Å². The zero-order valence-electron chi connectivity index (χ0n) is 11.1. The third-order valence-electron chi connectivity index (χ3n) is 2.87. The van der Waals surface area contributed by atoms with Gasteiger partial charge in [0.15, 0.2) is 0 Å². The molecule has 0 heterocycles. The van der Waals surface area contributed by atoms with Crippen molar-refractivity contribution in [1.29, 1.82) is 0 Å². The molecule has 2 rings (SSSR count). The number of aryl methyl sites for hydroxylation is 2. The van der Waals surface area contributed by atoms with Crippen LogP contribution in [-0.2, 0) is 4.57 Å². The minimum atomic E-state index is -3.42. The van der Waals surface area contributed by atoms with Crippen molar-refractivity contribution in [2.24, 2.45) is 11.0 Å². The first-order chi connectivity index (χ1) is 8.88. The molecular weight excluding hydrogens is 257 g/mol. The van der Waals surface area contributed by atoms with Gasteiger partial charge in [0.05, 0.1) is 0 Å². The van der Waals surface area contributed by atoms with Gasteiger partial charge in [0, 0.05) is 11.4 Å². The summed E-state index contributed by atoms with van der Waals surface area (Å²) in [5, 5.41) is 0. The van der Waals surface area contributed by atoms with Crippen molar-refractivity contribution in [3.63, 3.8) is 0 Å². The van der Waals surface area contributed by atoms with Crippen LogP contribution in [0.25, 0.3) is 0 Å². The highest BCUT2D eigenvalue weighted by Gasteiger charge is 2.23. The topological polar surface area (TPSA) is 72.3 Å². The maximum Gasteiger partial charge on any atom is 0.305 e. The van der Waals surface area contributed by atoms with Crippen LogP contribution in [0.5, 0.6) is 0 Å². The molecule has 0 saturated heterocycles. The number of nitrogens with two attached hydrogens (primary N) is 2. The Balaban J connectivity index is 2.51. The molecule has 0 amide bonds. The van der Waals surface area contributed by atoms with E-state index in [-0.39, 0.29) is 0 Å². The van der Waals surface area contributed by atoms with Crippen LogP contribution in [0.4, 0.5) is 11.4 Å². The minimum Gasteiger partial charge on any atom is -0.268 e. The van der Waals surface area contributed by atoms with Gasteiger partial charge in [0.1, 0.15) is 0 Å². The normalized spacial score (nSPS) is 11.4. The molecule has 5 heteroatoms. The number of anilines is 2. The van der Waals surface area contributed by atoms with Crippen LogP contribution in [0.3, 0.4) is 0 Å². The van der Waals surface area contributed by atoms with Gasteiger partial charge in [-0.25, -0.2) is 0 Å². The van der Waals surface area contributed by atoms with Gasteiger partial charge in [-0.15, -0.1) is 0 Å². The molecule has 19 heavy (non-hydrogen) atoms. The molecule has 0 bridgehead atoms. The molecule has 0 aliphatic heterocycles. The Morgan fingerprint density at radius 3 is 1.37 bits per heavy atom. The lowest BCUT2D eigenvalue weighted by molar-refractivity contribution is 0.576. The monoisotopic (exact) mass is 275 g/mol. The maximum atomic E-state index is 12.2. The predicted molar refractivity (Wildman–Crippen MR) is 80.5 cm³/mol. The predicted octanol–water partition coefficient (Wildman–Crippen LogP) is 3.47. The summed E-state index contributed by atoms with van der Waals surface area (Å²) >= 11 is 0. The lowest BCUT2D eigenvalue weighted by atomic mass is 10.2. The molecule has 0 fully saturated rings. The third-order valence-corrected chi connectivity index (χ3v) is 3.96. The van der Waals surface area contributed by atoms with E-state index >= 15 is 0 Å². The van der Waals surface area contributed by atoms with Crippen LogP contribution in [0.1, 0.15) is 11.1 Å². The molecule has 0 aromatic heterocycles. The lowest BCUT2D eigenvalue weighted by Crippen LogP contribution is -2.24. The standard InChI is InChI=1S/C14H18N3OP/c1-11-3-7-13(8-4-11)17(19(15,16)18)14-9-5-12(2)6-10-14/h3-10H,1-2H3,(H4,15,16,18). The van der Waals surface area contributed by atoms with Crippen LogP contribution >= 0.6 is 7.59 Å². The van der Waals surface area contributed by atoms with Gasteiger partial charge in [-0.3, -0.25) is 20.2 Å². The molecule has 0 unspecified atom stereocenters. The molecule has 2 aromatic rings. The van der Waals surface area contributed by atoms with Crippen molar-refractivity contribution in [3.8, 4) is 0 Å². The fourth-order valence-electron chi connectivity index (χ4n) is 1.88. The Bertz CT molecular complexity index is 556. The highest BCUT2D eigenvalue weighted by atomic mass is 31.2. The van der Waals surface area contributed by atoms with Crippen molar-refractivity contribution < 1.29 is 4.57 Å². The largest absolute Gasteiger partial charge is 0.305 e. The van der Waals surface area contributed by atoms with E-state index in [9.17, 15) is 4.57 Å². The molecule has 2 aromatic carbocycles. The van der Waals surface area contributed by atoms with E-state index in [1.165, 1.54) is 4.67 Å². The molecule has 4 N–H and O–H groups in total. The number of rotatable bonds is 3. The van der Waals surface area contributed by atoms with Crippen LogP contribution in [-0.4, -0.2) is 0 Å². The van der Waals surface area contributed by atoms with E-state index in [1.54, 1.807) is 0 Å². The molecule has 0 saturated carbocycles. The Kier molecular flexibility index (Phi) is 3.76. The van der Waals surface area contributed by atoms with Gasteiger partial charge in [0.2, 0.25) is 0 Å². The number of nitrogens with zero attached hydrogens (tertiary/aromatic N) is 1. The number of hydrogen-bond acceptors (Lipinski definition) is 1. The van der Waals surface area contributed by atoms with E-state index in [0.717, 1.165) is 22.5 Å². The Morgan fingerprint density at radius 2 is 1.11 bits per heavy atom. The van der Waals surface area contributed by atoms with Gasteiger partial charge < -0.3 is 0 Å². The van der Waals surface area contributed by atoms with Gasteiger partial charge in [-0.05, 0) is 38.1 Å². The van der Waals surface area contributed by atoms with E-state index in [2.05, 4.69) is 0 Å². The first-order valence-corrected chi connectivity index (χ1v) is 7.79. The highest BCUT2D eigenvalue weighted by molar-refractivity contribution is 7.61. The lowest BCUT2D eigenvalue weighted by Gasteiger charge is -2.28. The maximum absolute atomic E-state index is 12.2. The second kappa shape index (κ2) is 5.17. The fourth-order valence-corrected chi connectivity index (χ4v) is 2.87. The number of benzene rings is 2. The fraction of sp³-hybridized carbons (Fsp3) is 0.143. The van der Waals surface area contributed by atoms with Gasteiger partial charge in [-0.2, -0.15) is 0 Å². The van der Waals surface area contributed by atoms with Gasteiger partial charge in [-0.1, -0.05) is 35.4 Å². The SMILES string of the molecule is Cc1ccc(N(c2ccc(C)cc2)P(N)(N)=O)cc1. The van der Waals surface area contributed by atoms with Crippen molar-refractivity contribution in [3.05, 3.63) is 59.7 Å². The highest BCUT2D eigenvalue weighted by Crippen LogP contribution is 2.44. The zero-order valence-corrected chi connectivity index (χ0v) is 12.0. The van der Waals surface area contributed by atoms with E-state index < -0.39 is 7.59 Å². The third kappa shape index (κ3) is 3.24. The van der Waals surface area contributed by atoms with E-state index in [1.807, 2.05) is 62.4 Å². The summed E-state index contributed by atoms with van der Waals surface area (Å²) in [7, 11) is -3.42. The van der Waals surface area contributed by atoms with Crippen LogP contribution in [0.2, 0.25) is 0 Å². The Morgan fingerprint density at radius 1 is 0.789 bits per heavy atom. The van der Waals surface area contributed by atoms with Crippen molar-refractivity contribution >= 4 is 19.0 Å². The molecule has 4 nitrogen and oxygen atoms in total. The first-order valence-electron chi connectivity index (χ1n) is 5.99. The molecule has 0 radical (unpaired) electrons. The first kappa shape index (κ1) is 13.8. The minimum absolute atomic E-state index is 0.725. The summed E-state index contributed by atoms with van der Waals surface area (Å²) in [5.41, 5.74) is 15.1. The molecule has 0 aliphatic rings. The molecule has 0 atom stereocenters. The molecular formula is C14H18N3OP. The second-order valence-corrected chi connectivity index (χ2v) is 6.40. The summed E-state index contributed by atoms with van der Waals surface area (Å²) in [6.45, 7) is 3.98. The Hall–Kier alpha value is -1.61. The van der Waals surface area contributed by atoms with Crippen molar-refractivity contribution in [1.82, 2.24) is 0 Å². The summed E-state index contributed by atoms with van der Waals surface area (Å²) in [6.07, 6.45) is 0. The van der Waals surface area contributed by atoms with Gasteiger partial charge >= 0.3 is 7.59 Å². The smallest absolute Gasteiger partial charge is 0.268 e. The molecule has 100 valence electrons. The average molecular weight is 275 g/mol. The second-order valence-electron chi connectivity index (χ2n) is 4.66. The number of hydrogen-bond donors (Lipinski definition) is 2. The summed E-state index contributed by atoms with van der Waals surface area (Å²) in [5.74, 6) is 0. The quantitative estimate of drug-likeness (QED) is 0.841. The summed E-state index contributed by atoms with van der Waals surface area (Å²) in [6, 6.07) is 15.2. The van der Waals surface area contributed by atoms with Crippen LogP contribution < -0.4 is 15.7 Å². The molecule has 0 spiro atoms. The summed E-state index contributed by atoms with van der Waals surface area (Å²) < 4.78 is 13.7.